The Labute approximate surface area is 89.5 Å². The van der Waals surface area contributed by atoms with Gasteiger partial charge in [0.2, 0.25) is 0 Å². The molecule has 3 heteroatoms. The SMILES string of the molecule is C=Cc1ccccc1CC(=O)O.[LiH]. The van der Waals surface area contributed by atoms with E-state index in [2.05, 4.69) is 6.58 Å². The van der Waals surface area contributed by atoms with Crippen molar-refractivity contribution in [2.24, 2.45) is 0 Å². The van der Waals surface area contributed by atoms with E-state index in [9.17, 15) is 4.79 Å². The molecule has 0 aliphatic rings. The number of benzene rings is 1. The molecule has 0 bridgehead atoms. The molecule has 0 heterocycles. The van der Waals surface area contributed by atoms with Gasteiger partial charge in [-0.1, -0.05) is 36.9 Å². The van der Waals surface area contributed by atoms with Crippen LogP contribution in [0.2, 0.25) is 0 Å². The fourth-order valence-corrected chi connectivity index (χ4v) is 1.06. The van der Waals surface area contributed by atoms with Crippen molar-refractivity contribution in [3.8, 4) is 0 Å². The van der Waals surface area contributed by atoms with Gasteiger partial charge in [-0.05, 0) is 11.1 Å². The average Bonchev–Trinajstić information content (AvgIpc) is 2.04. The quantitative estimate of drug-likeness (QED) is 0.694. The van der Waals surface area contributed by atoms with Gasteiger partial charge in [0.15, 0.2) is 0 Å². The van der Waals surface area contributed by atoms with Crippen LogP contribution in [0.25, 0.3) is 6.08 Å². The van der Waals surface area contributed by atoms with E-state index in [-0.39, 0.29) is 25.3 Å². The van der Waals surface area contributed by atoms with Gasteiger partial charge < -0.3 is 5.11 Å². The zero-order chi connectivity index (χ0) is 8.97. The monoisotopic (exact) mass is 170 g/mol. The van der Waals surface area contributed by atoms with Gasteiger partial charge in [0.1, 0.15) is 0 Å². The van der Waals surface area contributed by atoms with Crippen LogP contribution >= 0.6 is 0 Å². The Hall–Kier alpha value is -0.973. The zero-order valence-corrected chi connectivity index (χ0v) is 6.66. The molecule has 0 unspecified atom stereocenters. The summed E-state index contributed by atoms with van der Waals surface area (Å²) in [6, 6.07) is 7.34. The van der Waals surface area contributed by atoms with E-state index in [0.717, 1.165) is 11.1 Å². The van der Waals surface area contributed by atoms with Crippen molar-refractivity contribution in [3.05, 3.63) is 42.0 Å². The van der Waals surface area contributed by atoms with Crippen molar-refractivity contribution in [2.45, 2.75) is 6.42 Å². The molecule has 0 fully saturated rings. The number of carboxylic acids is 1. The summed E-state index contributed by atoms with van der Waals surface area (Å²) in [6.07, 6.45) is 1.72. The van der Waals surface area contributed by atoms with Crippen LogP contribution in [0.1, 0.15) is 11.1 Å². The first-order valence-corrected chi connectivity index (χ1v) is 3.66. The summed E-state index contributed by atoms with van der Waals surface area (Å²) in [6.45, 7) is 3.61. The third kappa shape index (κ3) is 3.50. The van der Waals surface area contributed by atoms with E-state index in [1.165, 1.54) is 0 Å². The fraction of sp³-hybridized carbons (Fsp3) is 0.100. The van der Waals surface area contributed by atoms with Crippen LogP contribution in [0.4, 0.5) is 0 Å². The van der Waals surface area contributed by atoms with E-state index in [1.807, 2.05) is 18.2 Å². The fourth-order valence-electron chi connectivity index (χ4n) is 1.06. The second-order valence-corrected chi connectivity index (χ2v) is 2.47. The molecule has 2 nitrogen and oxygen atoms in total. The third-order valence-electron chi connectivity index (χ3n) is 1.62. The van der Waals surface area contributed by atoms with Crippen LogP contribution in [0, 0.1) is 0 Å². The van der Waals surface area contributed by atoms with Gasteiger partial charge in [0.25, 0.3) is 0 Å². The van der Waals surface area contributed by atoms with E-state index in [4.69, 9.17) is 5.11 Å². The standard InChI is InChI=1S/C10H10O2.Li.H/c1-2-8-5-3-4-6-9(8)7-10(11)12;;/h2-6H,1,7H2,(H,11,12);;. The van der Waals surface area contributed by atoms with Crippen molar-refractivity contribution in [2.75, 3.05) is 0 Å². The molecule has 0 aliphatic heterocycles. The molecule has 1 N–H and O–H groups in total. The molecule has 0 saturated heterocycles. The van der Waals surface area contributed by atoms with Crippen LogP contribution in [0.5, 0.6) is 0 Å². The number of aliphatic carboxylic acids is 1. The first-order chi connectivity index (χ1) is 5.74. The molecule has 0 aromatic heterocycles. The summed E-state index contributed by atoms with van der Waals surface area (Å²) < 4.78 is 0. The minimum atomic E-state index is -0.815. The Balaban J connectivity index is 0.00000144. The summed E-state index contributed by atoms with van der Waals surface area (Å²) in [5.74, 6) is -0.815. The molecule has 0 saturated carbocycles. The predicted molar refractivity (Wildman–Crippen MR) is 55.0 cm³/mol. The van der Waals surface area contributed by atoms with Crippen LogP contribution in [0.3, 0.4) is 0 Å². The number of hydrogen-bond donors (Lipinski definition) is 1. The Bertz CT molecular complexity index is 308. The van der Waals surface area contributed by atoms with Gasteiger partial charge in [-0.2, -0.15) is 0 Å². The molecular formula is C10H11LiO2. The molecule has 0 aliphatic carbocycles. The number of hydrogen-bond acceptors (Lipinski definition) is 1. The van der Waals surface area contributed by atoms with Gasteiger partial charge >= 0.3 is 24.8 Å². The van der Waals surface area contributed by atoms with E-state index >= 15 is 0 Å². The van der Waals surface area contributed by atoms with Crippen molar-refractivity contribution >= 4 is 30.9 Å². The summed E-state index contributed by atoms with van der Waals surface area (Å²) >= 11 is 0. The molecule has 0 spiro atoms. The topological polar surface area (TPSA) is 37.3 Å². The zero-order valence-electron chi connectivity index (χ0n) is 6.66. The Kier molecular flexibility index (Phi) is 5.21. The van der Waals surface area contributed by atoms with Crippen molar-refractivity contribution in [1.82, 2.24) is 0 Å². The molecule has 13 heavy (non-hydrogen) atoms. The van der Waals surface area contributed by atoms with Crippen molar-refractivity contribution < 1.29 is 9.90 Å². The van der Waals surface area contributed by atoms with Gasteiger partial charge in [-0.15, -0.1) is 0 Å². The Morgan fingerprint density at radius 1 is 1.46 bits per heavy atom. The first-order valence-electron chi connectivity index (χ1n) is 3.66. The second-order valence-electron chi connectivity index (χ2n) is 2.47. The molecule has 64 valence electrons. The number of carboxylic acid groups (broad SMARTS) is 1. The summed E-state index contributed by atoms with van der Waals surface area (Å²) in [5.41, 5.74) is 1.69. The molecular weight excluding hydrogens is 159 g/mol. The average molecular weight is 170 g/mol. The van der Waals surface area contributed by atoms with E-state index < -0.39 is 5.97 Å². The predicted octanol–water partition coefficient (Wildman–Crippen LogP) is 1.31. The van der Waals surface area contributed by atoms with Gasteiger partial charge in [-0.3, -0.25) is 4.79 Å². The molecule has 0 amide bonds. The Morgan fingerprint density at radius 3 is 2.62 bits per heavy atom. The number of rotatable bonds is 3. The third-order valence-corrected chi connectivity index (χ3v) is 1.62. The van der Waals surface area contributed by atoms with Crippen molar-refractivity contribution in [3.63, 3.8) is 0 Å². The van der Waals surface area contributed by atoms with Crippen LogP contribution < -0.4 is 0 Å². The van der Waals surface area contributed by atoms with Crippen LogP contribution in [-0.2, 0) is 11.2 Å². The summed E-state index contributed by atoms with van der Waals surface area (Å²) in [7, 11) is 0. The maximum atomic E-state index is 10.4. The minimum absolute atomic E-state index is 0. The molecule has 0 atom stereocenters. The molecule has 1 aromatic rings. The molecule has 1 aromatic carbocycles. The first kappa shape index (κ1) is 12.0. The Morgan fingerprint density at radius 2 is 2.08 bits per heavy atom. The summed E-state index contributed by atoms with van der Waals surface area (Å²) in [5, 5.41) is 8.55. The summed E-state index contributed by atoms with van der Waals surface area (Å²) in [4.78, 5) is 10.4. The number of carbonyl (C=O) groups is 1. The van der Waals surface area contributed by atoms with E-state index in [0.29, 0.717) is 0 Å². The normalized spacial score (nSPS) is 8.62. The molecule has 1 rings (SSSR count). The van der Waals surface area contributed by atoms with Gasteiger partial charge in [0.05, 0.1) is 6.42 Å². The van der Waals surface area contributed by atoms with Crippen LogP contribution in [0.15, 0.2) is 30.8 Å². The van der Waals surface area contributed by atoms with Crippen LogP contribution in [-0.4, -0.2) is 29.9 Å². The maximum absolute atomic E-state index is 10.4. The van der Waals surface area contributed by atoms with E-state index in [1.54, 1.807) is 12.1 Å². The van der Waals surface area contributed by atoms with Gasteiger partial charge in [0, 0.05) is 0 Å². The van der Waals surface area contributed by atoms with Gasteiger partial charge in [-0.25, -0.2) is 0 Å². The second kappa shape index (κ2) is 5.64. The van der Waals surface area contributed by atoms with Crippen molar-refractivity contribution in [1.29, 1.82) is 0 Å². The molecule has 0 radical (unpaired) electrons.